The van der Waals surface area contributed by atoms with Crippen molar-refractivity contribution in [2.45, 2.75) is 13.0 Å². The van der Waals surface area contributed by atoms with Gasteiger partial charge in [-0.2, -0.15) is 0 Å². The van der Waals surface area contributed by atoms with Crippen LogP contribution in [0.15, 0.2) is 18.2 Å². The predicted octanol–water partition coefficient (Wildman–Crippen LogP) is -0.781. The summed E-state index contributed by atoms with van der Waals surface area (Å²) in [6.07, 6.45) is 0. The number of amides is 3. The first-order chi connectivity index (χ1) is 8.91. The largest absolute Gasteiger partial charge is 0.397 e. The summed E-state index contributed by atoms with van der Waals surface area (Å²) in [7, 11) is 0. The second-order valence-electron chi connectivity index (χ2n) is 4.32. The Bertz CT molecular complexity index is 570. The number of rotatable bonds is 2. The van der Waals surface area contributed by atoms with Gasteiger partial charge in [0.05, 0.1) is 23.5 Å². The maximum atomic E-state index is 11.7. The third-order valence-electron chi connectivity index (χ3n) is 3.04. The van der Waals surface area contributed by atoms with Crippen LogP contribution >= 0.6 is 0 Å². The molecule has 0 aliphatic carbocycles. The van der Waals surface area contributed by atoms with Gasteiger partial charge in [0.25, 0.3) is 5.91 Å². The number of para-hydroxylation sites is 1. The molecule has 0 aromatic heterocycles. The van der Waals surface area contributed by atoms with E-state index in [2.05, 4.69) is 5.32 Å². The summed E-state index contributed by atoms with van der Waals surface area (Å²) in [5.41, 5.74) is 12.0. The number of primary amides is 1. The van der Waals surface area contributed by atoms with Crippen LogP contribution in [0, 0.1) is 0 Å². The molecular formula is C12H14N4O3. The molecule has 2 rings (SSSR count). The van der Waals surface area contributed by atoms with Crippen LogP contribution in [0.25, 0.3) is 0 Å². The minimum atomic E-state index is -0.659. The number of carbonyl (C=O) groups is 3. The summed E-state index contributed by atoms with van der Waals surface area (Å²) < 4.78 is 0. The van der Waals surface area contributed by atoms with E-state index in [1.807, 2.05) is 0 Å². The summed E-state index contributed by atoms with van der Waals surface area (Å²) in [4.78, 5) is 36.0. The highest BCUT2D eigenvalue weighted by Gasteiger charge is 2.33. The van der Waals surface area contributed by atoms with Crippen molar-refractivity contribution in [3.05, 3.63) is 23.8 Å². The molecular weight excluding hydrogens is 248 g/mol. The molecule has 1 unspecified atom stereocenters. The molecule has 1 aliphatic heterocycles. The van der Waals surface area contributed by atoms with Crippen LogP contribution in [0.2, 0.25) is 0 Å². The number of piperazine rings is 1. The third-order valence-corrected chi connectivity index (χ3v) is 3.04. The van der Waals surface area contributed by atoms with Gasteiger partial charge in [-0.3, -0.25) is 19.7 Å². The molecule has 0 radical (unpaired) electrons. The molecule has 100 valence electrons. The van der Waals surface area contributed by atoms with Crippen LogP contribution in [0.1, 0.15) is 17.3 Å². The fourth-order valence-corrected chi connectivity index (χ4v) is 2.07. The average molecular weight is 262 g/mol. The van der Waals surface area contributed by atoms with Crippen LogP contribution < -0.4 is 21.7 Å². The fraction of sp³-hybridized carbons (Fsp3) is 0.250. The van der Waals surface area contributed by atoms with E-state index in [0.29, 0.717) is 11.4 Å². The quantitative estimate of drug-likeness (QED) is 0.477. The van der Waals surface area contributed by atoms with E-state index in [1.54, 1.807) is 19.1 Å². The van der Waals surface area contributed by atoms with Gasteiger partial charge >= 0.3 is 0 Å². The number of nitrogen functional groups attached to an aromatic ring is 1. The molecule has 1 aromatic rings. The Labute approximate surface area is 109 Å². The average Bonchev–Trinajstić information content (AvgIpc) is 2.33. The molecule has 3 amide bonds. The number of carbonyl (C=O) groups excluding carboxylic acids is 3. The van der Waals surface area contributed by atoms with Crippen molar-refractivity contribution >= 4 is 29.1 Å². The highest BCUT2D eigenvalue weighted by Crippen LogP contribution is 2.30. The lowest BCUT2D eigenvalue weighted by Crippen LogP contribution is -2.57. The monoisotopic (exact) mass is 262 g/mol. The zero-order valence-corrected chi connectivity index (χ0v) is 10.3. The lowest BCUT2D eigenvalue weighted by atomic mass is 10.1. The molecule has 0 spiro atoms. The van der Waals surface area contributed by atoms with Crippen LogP contribution in [-0.2, 0) is 9.59 Å². The Morgan fingerprint density at radius 1 is 1.42 bits per heavy atom. The van der Waals surface area contributed by atoms with Gasteiger partial charge in [-0.1, -0.05) is 6.07 Å². The van der Waals surface area contributed by atoms with Crippen molar-refractivity contribution in [2.75, 3.05) is 17.2 Å². The van der Waals surface area contributed by atoms with E-state index in [0.717, 1.165) is 0 Å². The van der Waals surface area contributed by atoms with Gasteiger partial charge < -0.3 is 16.4 Å². The number of hydrogen-bond donors (Lipinski definition) is 3. The lowest BCUT2D eigenvalue weighted by molar-refractivity contribution is -0.132. The lowest BCUT2D eigenvalue weighted by Gasteiger charge is -2.35. The Hall–Kier alpha value is -2.57. The second kappa shape index (κ2) is 4.60. The third kappa shape index (κ3) is 2.22. The SMILES string of the molecule is CC1C(=O)NC(=O)CN1c1c(N)cccc1C(N)=O. The molecule has 1 heterocycles. The van der Waals surface area contributed by atoms with E-state index in [-0.39, 0.29) is 12.1 Å². The Kier molecular flexibility index (Phi) is 3.12. The number of imide groups is 1. The minimum absolute atomic E-state index is 0.0542. The number of benzene rings is 1. The summed E-state index contributed by atoms with van der Waals surface area (Å²) in [5.74, 6) is -1.54. The Morgan fingerprint density at radius 3 is 2.74 bits per heavy atom. The van der Waals surface area contributed by atoms with Crippen LogP contribution in [-0.4, -0.2) is 30.3 Å². The number of nitrogens with two attached hydrogens (primary N) is 2. The predicted molar refractivity (Wildman–Crippen MR) is 69.3 cm³/mol. The van der Waals surface area contributed by atoms with Crippen molar-refractivity contribution in [3.8, 4) is 0 Å². The molecule has 0 saturated carbocycles. The standard InChI is InChI=1S/C12H14N4O3/c1-6-12(19)15-9(17)5-16(6)10-7(11(14)18)3-2-4-8(10)13/h2-4,6H,5,13H2,1H3,(H2,14,18)(H,15,17,19). The van der Waals surface area contributed by atoms with Crippen molar-refractivity contribution in [2.24, 2.45) is 5.73 Å². The van der Waals surface area contributed by atoms with Gasteiger partial charge in [0, 0.05) is 0 Å². The molecule has 7 heteroatoms. The highest BCUT2D eigenvalue weighted by molar-refractivity contribution is 6.08. The number of nitrogens with one attached hydrogen (secondary N) is 1. The zero-order valence-electron chi connectivity index (χ0n) is 10.3. The molecule has 7 nitrogen and oxygen atoms in total. The van der Waals surface area contributed by atoms with E-state index in [9.17, 15) is 14.4 Å². The van der Waals surface area contributed by atoms with E-state index >= 15 is 0 Å². The van der Waals surface area contributed by atoms with E-state index in [4.69, 9.17) is 11.5 Å². The normalized spacial score (nSPS) is 19.2. The molecule has 1 aromatic carbocycles. The van der Waals surface area contributed by atoms with Gasteiger partial charge in [0.1, 0.15) is 6.04 Å². The Balaban J connectivity index is 2.54. The van der Waals surface area contributed by atoms with Gasteiger partial charge in [-0.05, 0) is 19.1 Å². The summed E-state index contributed by atoms with van der Waals surface area (Å²) in [6, 6.07) is 4.08. The molecule has 1 aliphatic rings. The minimum Gasteiger partial charge on any atom is -0.397 e. The molecule has 1 atom stereocenters. The molecule has 19 heavy (non-hydrogen) atoms. The van der Waals surface area contributed by atoms with Crippen molar-refractivity contribution in [3.63, 3.8) is 0 Å². The van der Waals surface area contributed by atoms with E-state index < -0.39 is 23.8 Å². The van der Waals surface area contributed by atoms with Gasteiger partial charge in [-0.15, -0.1) is 0 Å². The maximum absolute atomic E-state index is 11.7. The maximum Gasteiger partial charge on any atom is 0.250 e. The molecule has 1 fully saturated rings. The first-order valence-corrected chi connectivity index (χ1v) is 5.70. The van der Waals surface area contributed by atoms with Gasteiger partial charge in [0.15, 0.2) is 0 Å². The number of anilines is 2. The van der Waals surface area contributed by atoms with E-state index in [1.165, 1.54) is 11.0 Å². The summed E-state index contributed by atoms with van der Waals surface area (Å²) >= 11 is 0. The second-order valence-corrected chi connectivity index (χ2v) is 4.32. The van der Waals surface area contributed by atoms with Crippen LogP contribution in [0.4, 0.5) is 11.4 Å². The highest BCUT2D eigenvalue weighted by atomic mass is 16.2. The number of hydrogen-bond acceptors (Lipinski definition) is 5. The first-order valence-electron chi connectivity index (χ1n) is 5.70. The topological polar surface area (TPSA) is 119 Å². The van der Waals surface area contributed by atoms with Crippen LogP contribution in [0.5, 0.6) is 0 Å². The van der Waals surface area contributed by atoms with Gasteiger partial charge in [-0.25, -0.2) is 0 Å². The van der Waals surface area contributed by atoms with Gasteiger partial charge in [0.2, 0.25) is 11.8 Å². The van der Waals surface area contributed by atoms with Crippen LogP contribution in [0.3, 0.4) is 0 Å². The molecule has 1 saturated heterocycles. The van der Waals surface area contributed by atoms with Crippen molar-refractivity contribution < 1.29 is 14.4 Å². The molecule has 5 N–H and O–H groups in total. The van der Waals surface area contributed by atoms with Crippen molar-refractivity contribution in [1.29, 1.82) is 0 Å². The smallest absolute Gasteiger partial charge is 0.250 e. The van der Waals surface area contributed by atoms with Crippen molar-refractivity contribution in [1.82, 2.24) is 5.32 Å². The molecule has 0 bridgehead atoms. The fourth-order valence-electron chi connectivity index (χ4n) is 2.07. The number of nitrogens with zero attached hydrogens (tertiary/aromatic N) is 1. The first kappa shape index (κ1) is 12.9. The zero-order chi connectivity index (χ0) is 14.2. The Morgan fingerprint density at radius 2 is 2.11 bits per heavy atom. The summed E-state index contributed by atoms with van der Waals surface area (Å²) in [5, 5.41) is 2.22. The summed E-state index contributed by atoms with van der Waals surface area (Å²) in [6.45, 7) is 1.57.